The lowest BCUT2D eigenvalue weighted by Crippen LogP contribution is -2.48. The Morgan fingerprint density at radius 2 is 1.32 bits per heavy atom. The Balaban J connectivity index is 0.000000440. The van der Waals surface area contributed by atoms with E-state index in [9.17, 15) is 10.0 Å². The highest BCUT2D eigenvalue weighted by Gasteiger charge is 2.43. The van der Waals surface area contributed by atoms with Crippen LogP contribution in [0.5, 0.6) is 0 Å². The number of hydrogen-bond donors (Lipinski definition) is 1. The Morgan fingerprint density at radius 1 is 0.882 bits per heavy atom. The van der Waals surface area contributed by atoms with Gasteiger partial charge in [-0.05, 0) is 23.1 Å². The molecule has 1 atom stereocenters. The van der Waals surface area contributed by atoms with E-state index < -0.39 is 12.9 Å². The molecule has 0 saturated heterocycles. The lowest BCUT2D eigenvalue weighted by Gasteiger charge is -2.44. The van der Waals surface area contributed by atoms with E-state index in [0.717, 1.165) is 32.9 Å². The number of halogens is 1. The monoisotopic (exact) mass is 525 g/mol. The van der Waals surface area contributed by atoms with Gasteiger partial charge in [-0.15, -0.1) is 0 Å². The average molecular weight is 526 g/mol. The molecule has 1 N–H and O–H groups in total. The zero-order valence-electron chi connectivity index (χ0n) is 20.7. The van der Waals surface area contributed by atoms with Crippen molar-refractivity contribution in [1.29, 1.82) is 0 Å². The summed E-state index contributed by atoms with van der Waals surface area (Å²) in [4.78, 5) is 0. The van der Waals surface area contributed by atoms with Gasteiger partial charge in [-0.3, -0.25) is 0 Å². The molecule has 0 saturated carbocycles. The summed E-state index contributed by atoms with van der Waals surface area (Å²) in [6.45, 7) is 3.32. The Hall–Kier alpha value is -1.96. The summed E-state index contributed by atoms with van der Waals surface area (Å²) in [6, 6.07) is 29.3. The predicted octanol–water partition coefficient (Wildman–Crippen LogP) is 4.96. The van der Waals surface area contributed by atoms with E-state index in [4.69, 9.17) is 4.65 Å². The van der Waals surface area contributed by atoms with E-state index >= 15 is 0 Å². The molecular weight excluding hydrogens is 489 g/mol. The molecule has 0 fully saturated rings. The van der Waals surface area contributed by atoms with E-state index in [1.165, 1.54) is 13.0 Å². The third-order valence-electron chi connectivity index (χ3n) is 5.76. The molecule has 182 valence electrons. The van der Waals surface area contributed by atoms with Crippen LogP contribution in [0.2, 0.25) is 0 Å². The van der Waals surface area contributed by atoms with Crippen molar-refractivity contribution in [1.82, 2.24) is 0 Å². The maximum Gasteiger partial charge on any atom is 0.343 e. The fraction of sp³-hybridized carbons (Fsp3) is 0.357. The maximum absolute atomic E-state index is 11.9. The molecule has 0 spiro atoms. The first-order chi connectivity index (χ1) is 16.2. The topological polar surface area (TPSA) is 52.5 Å². The van der Waals surface area contributed by atoms with Crippen molar-refractivity contribution in [3.63, 3.8) is 0 Å². The van der Waals surface area contributed by atoms with Crippen LogP contribution in [0.4, 0.5) is 0 Å². The van der Waals surface area contributed by atoms with Crippen LogP contribution in [0.15, 0.2) is 91.0 Å². The number of hydrogen-bond acceptors (Lipinski definition) is 3. The van der Waals surface area contributed by atoms with Crippen LogP contribution >= 0.6 is 15.9 Å². The van der Waals surface area contributed by atoms with Gasteiger partial charge < -0.3 is 19.2 Å². The summed E-state index contributed by atoms with van der Waals surface area (Å²) in [5.74, 6) is -0.142. The van der Waals surface area contributed by atoms with E-state index in [0.29, 0.717) is 0 Å². The van der Waals surface area contributed by atoms with Crippen LogP contribution in [-0.2, 0) is 10.3 Å². The van der Waals surface area contributed by atoms with Crippen LogP contribution in [0, 0.1) is 0 Å². The summed E-state index contributed by atoms with van der Waals surface area (Å²) in [5.41, 5.74) is 1.66. The first kappa shape index (κ1) is 28.3. The minimum absolute atomic E-state index is 0.142. The summed E-state index contributed by atoms with van der Waals surface area (Å²) in [5, 5.41) is 22.7. The highest BCUT2D eigenvalue weighted by atomic mass is 79.9. The Morgan fingerprint density at radius 3 is 1.65 bits per heavy atom. The van der Waals surface area contributed by atoms with Crippen LogP contribution in [0.25, 0.3) is 0 Å². The maximum atomic E-state index is 11.9. The molecule has 0 aliphatic carbocycles. The zero-order chi connectivity index (χ0) is 25.0. The molecule has 1 unspecified atom stereocenters. The molecule has 0 aromatic heterocycles. The normalized spacial score (nSPS) is 12.4. The second-order valence-corrected chi connectivity index (χ2v) is 10.1. The molecule has 6 heteroatoms. The smallest absolute Gasteiger partial charge is 0.343 e. The average Bonchev–Trinajstić information content (AvgIpc) is 2.84. The molecule has 0 aliphatic heterocycles. The summed E-state index contributed by atoms with van der Waals surface area (Å²) >= 11 is 3.39. The SMILES string of the molecule is CCC(c1ccccc1)C(OB([O-])O)(c1ccccc1)c1ccccc1.C[N+](C)(C)CCCBr. The summed E-state index contributed by atoms with van der Waals surface area (Å²) in [6.07, 6.45) is 2.00. The molecule has 0 amide bonds. The van der Waals surface area contributed by atoms with E-state index in [1.54, 1.807) is 0 Å². The molecule has 3 aromatic carbocycles. The Bertz CT molecular complexity index is 895. The highest BCUT2D eigenvalue weighted by Crippen LogP contribution is 2.47. The third-order valence-corrected chi connectivity index (χ3v) is 6.32. The van der Waals surface area contributed by atoms with E-state index in [2.05, 4.69) is 44.0 Å². The van der Waals surface area contributed by atoms with Crippen LogP contribution in [-0.4, -0.2) is 49.8 Å². The van der Waals surface area contributed by atoms with Gasteiger partial charge in [-0.1, -0.05) is 114 Å². The number of rotatable bonds is 10. The van der Waals surface area contributed by atoms with Gasteiger partial charge in [0.15, 0.2) is 0 Å². The van der Waals surface area contributed by atoms with Crippen LogP contribution in [0.1, 0.15) is 42.4 Å². The fourth-order valence-corrected chi connectivity index (χ4v) is 4.55. The van der Waals surface area contributed by atoms with Crippen molar-refractivity contribution in [2.75, 3.05) is 33.0 Å². The van der Waals surface area contributed by atoms with Crippen molar-refractivity contribution < 1.29 is 19.2 Å². The summed E-state index contributed by atoms with van der Waals surface area (Å²) < 4.78 is 6.89. The number of quaternary nitrogens is 1. The number of alkyl halides is 1. The lowest BCUT2D eigenvalue weighted by atomic mass is 9.71. The predicted molar refractivity (Wildman–Crippen MR) is 144 cm³/mol. The minimum atomic E-state index is -2.15. The molecule has 3 rings (SSSR count). The first-order valence-corrected chi connectivity index (χ1v) is 12.9. The van der Waals surface area contributed by atoms with Gasteiger partial charge in [-0.2, -0.15) is 0 Å². The molecule has 34 heavy (non-hydrogen) atoms. The fourth-order valence-electron chi connectivity index (χ4n) is 4.30. The van der Waals surface area contributed by atoms with Crippen LogP contribution in [0.3, 0.4) is 0 Å². The number of nitrogens with zero attached hydrogens (tertiary/aromatic N) is 1. The largest absolute Gasteiger partial charge is 0.832 e. The quantitative estimate of drug-likeness (QED) is 0.231. The van der Waals surface area contributed by atoms with Gasteiger partial charge in [0.05, 0.1) is 27.7 Å². The van der Waals surface area contributed by atoms with E-state index in [1.807, 2.05) is 91.0 Å². The number of benzene rings is 3. The Labute approximate surface area is 214 Å². The Kier molecular flexibility index (Phi) is 11.5. The van der Waals surface area contributed by atoms with Crippen molar-refractivity contribution in [3.05, 3.63) is 108 Å². The van der Waals surface area contributed by atoms with Gasteiger partial charge in [0.25, 0.3) is 0 Å². The molecule has 3 aromatic rings. The molecule has 0 radical (unpaired) electrons. The second kappa shape index (κ2) is 13.8. The lowest BCUT2D eigenvalue weighted by molar-refractivity contribution is -0.870. The van der Waals surface area contributed by atoms with Gasteiger partial charge in [-0.25, -0.2) is 0 Å². The first-order valence-electron chi connectivity index (χ1n) is 11.8. The molecule has 0 bridgehead atoms. The zero-order valence-corrected chi connectivity index (χ0v) is 22.3. The third kappa shape index (κ3) is 8.07. The van der Waals surface area contributed by atoms with Crippen molar-refractivity contribution in [3.8, 4) is 0 Å². The molecular formula is C28H37BBrNO3. The second-order valence-electron chi connectivity index (χ2n) is 9.32. The standard InChI is InChI=1S/C22H22BO3.C6H15BrN/c1-2-21(18-12-6-3-7-13-18)22(26-23(24)25,19-14-8-4-9-15-19)20-16-10-5-11-17-20;1-8(2,3)6-4-5-7/h3-17,21,24H,2H2,1H3;4-6H2,1-3H3/q-1;+1. The van der Waals surface area contributed by atoms with Gasteiger partial charge in [0, 0.05) is 17.7 Å². The van der Waals surface area contributed by atoms with Gasteiger partial charge in [0.2, 0.25) is 0 Å². The molecule has 0 heterocycles. The molecule has 4 nitrogen and oxygen atoms in total. The molecule has 0 aliphatic rings. The summed E-state index contributed by atoms with van der Waals surface area (Å²) in [7, 11) is 4.49. The van der Waals surface area contributed by atoms with Gasteiger partial charge >= 0.3 is 7.32 Å². The minimum Gasteiger partial charge on any atom is -0.832 e. The van der Waals surface area contributed by atoms with Crippen LogP contribution < -0.4 is 5.02 Å². The van der Waals surface area contributed by atoms with Crippen molar-refractivity contribution >= 4 is 23.3 Å². The van der Waals surface area contributed by atoms with Gasteiger partial charge in [0.1, 0.15) is 5.60 Å². The van der Waals surface area contributed by atoms with Crippen molar-refractivity contribution in [2.24, 2.45) is 0 Å². The van der Waals surface area contributed by atoms with Crippen molar-refractivity contribution in [2.45, 2.75) is 31.3 Å². The highest BCUT2D eigenvalue weighted by molar-refractivity contribution is 9.09. The van der Waals surface area contributed by atoms with E-state index in [-0.39, 0.29) is 5.92 Å².